The molecular weight excluding hydrogens is 402 g/mol. The summed E-state index contributed by atoms with van der Waals surface area (Å²) in [5, 5.41) is 0. The van der Waals surface area contributed by atoms with E-state index in [1.54, 1.807) is 20.7 Å². The van der Waals surface area contributed by atoms with E-state index in [1.165, 1.54) is 53.7 Å². The van der Waals surface area contributed by atoms with Gasteiger partial charge in [0.1, 0.15) is 3.82 Å². The summed E-state index contributed by atoms with van der Waals surface area (Å²) in [5.74, 6) is 0.985. The van der Waals surface area contributed by atoms with Gasteiger partial charge in [-0.1, -0.05) is 65.0 Å². The average molecular weight is 432 g/mol. The Morgan fingerprint density at radius 2 is 1.82 bits per heavy atom. The van der Waals surface area contributed by atoms with Crippen LogP contribution in [-0.2, 0) is 10.3 Å². The Labute approximate surface area is 181 Å². The number of carbonyl (C=O) groups excluding carboxylic acids is 1. The summed E-state index contributed by atoms with van der Waals surface area (Å²) < 4.78 is 0.951. The summed E-state index contributed by atoms with van der Waals surface area (Å²) in [6, 6.07) is 4.43. The summed E-state index contributed by atoms with van der Waals surface area (Å²) in [7, 11) is 3.41. The van der Waals surface area contributed by atoms with Crippen LogP contribution in [-0.4, -0.2) is 5.91 Å². The van der Waals surface area contributed by atoms with Crippen molar-refractivity contribution in [3.05, 3.63) is 32.0 Å². The zero-order valence-electron chi connectivity index (χ0n) is 17.3. The number of aryl methyl sites for hydroxylation is 2. The lowest BCUT2D eigenvalue weighted by molar-refractivity contribution is -0.120. The lowest BCUT2D eigenvalue weighted by Gasteiger charge is -2.43. The second-order valence-electron chi connectivity index (χ2n) is 8.94. The second kappa shape index (κ2) is 7.66. The van der Waals surface area contributed by atoms with Crippen LogP contribution >= 0.6 is 32.9 Å². The van der Waals surface area contributed by atoms with Crippen LogP contribution in [0.1, 0.15) is 74.8 Å². The quantitative estimate of drug-likeness (QED) is 0.365. The number of fused-ring (bicyclic) bond motifs is 3. The summed E-state index contributed by atoms with van der Waals surface area (Å²) in [6.45, 7) is 8.64. The highest BCUT2D eigenvalue weighted by Crippen LogP contribution is 2.52. The van der Waals surface area contributed by atoms with Crippen molar-refractivity contribution in [3.63, 3.8) is 0 Å². The van der Waals surface area contributed by atoms with E-state index in [-0.39, 0.29) is 11.4 Å². The van der Waals surface area contributed by atoms with Gasteiger partial charge >= 0.3 is 0 Å². The third-order valence-corrected chi connectivity index (χ3v) is 9.94. The molecule has 0 N–H and O–H groups in total. The van der Waals surface area contributed by atoms with Crippen molar-refractivity contribution < 1.29 is 4.79 Å². The molecule has 1 aliphatic carbocycles. The molecule has 2 aromatic rings. The van der Waals surface area contributed by atoms with E-state index in [0.717, 1.165) is 27.4 Å². The summed E-state index contributed by atoms with van der Waals surface area (Å²) >= 11 is 5.69. The second-order valence-corrected chi connectivity index (χ2v) is 11.8. The first-order valence-corrected chi connectivity index (χ1v) is 12.9. The van der Waals surface area contributed by atoms with Gasteiger partial charge in [-0.2, -0.15) is 0 Å². The number of carbonyl (C=O) groups is 1. The van der Waals surface area contributed by atoms with Gasteiger partial charge in [0.25, 0.3) is 0 Å². The number of hydrogen-bond acceptors (Lipinski definition) is 4. The molecule has 0 spiro atoms. The maximum atomic E-state index is 13.5. The fraction of sp³-hybridized carbons (Fsp3) is 0.565. The minimum absolute atomic E-state index is 0.259. The van der Waals surface area contributed by atoms with Crippen molar-refractivity contribution in [1.29, 1.82) is 0 Å². The summed E-state index contributed by atoms with van der Waals surface area (Å²) in [5.41, 5.74) is 5.50. The van der Waals surface area contributed by atoms with E-state index in [9.17, 15) is 4.79 Å². The van der Waals surface area contributed by atoms with E-state index >= 15 is 0 Å². The Morgan fingerprint density at radius 1 is 1.14 bits per heavy atom. The zero-order valence-corrected chi connectivity index (χ0v) is 19.7. The minimum Gasteiger partial charge on any atom is -0.301 e. The van der Waals surface area contributed by atoms with Gasteiger partial charge in [0.05, 0.1) is 16.1 Å². The van der Waals surface area contributed by atoms with Crippen molar-refractivity contribution in [2.45, 2.75) is 78.2 Å². The molecule has 2 aliphatic rings. The van der Waals surface area contributed by atoms with Crippen LogP contribution in [0.3, 0.4) is 0 Å². The number of nitrogens with zero attached hydrogens (tertiary/aromatic N) is 1. The van der Waals surface area contributed by atoms with Gasteiger partial charge in [-0.25, -0.2) is 0 Å². The molecular formula is C23H29NOS3. The van der Waals surface area contributed by atoms with Crippen molar-refractivity contribution in [2.24, 2.45) is 5.92 Å². The van der Waals surface area contributed by atoms with Crippen LogP contribution < -0.4 is 4.90 Å². The number of hydrogen-bond donors (Lipinski definition) is 0. The van der Waals surface area contributed by atoms with Gasteiger partial charge in [-0.05, 0) is 63.3 Å². The van der Waals surface area contributed by atoms with Gasteiger partial charge in [0.2, 0.25) is 5.91 Å². The number of amides is 1. The van der Waals surface area contributed by atoms with Crippen LogP contribution in [0.4, 0.5) is 5.69 Å². The monoisotopic (exact) mass is 431 g/mol. The maximum Gasteiger partial charge on any atom is 0.227 e. The van der Waals surface area contributed by atoms with Crippen LogP contribution in [0, 0.1) is 23.6 Å². The Balaban J connectivity index is 1.73. The average Bonchev–Trinajstić information content (AvgIpc) is 3.05. The molecule has 4 rings (SSSR count). The molecule has 0 saturated heterocycles. The van der Waals surface area contributed by atoms with Gasteiger partial charge in [-0.3, -0.25) is 4.79 Å². The van der Waals surface area contributed by atoms with Crippen LogP contribution in [0.15, 0.2) is 12.1 Å². The predicted molar refractivity (Wildman–Crippen MR) is 124 cm³/mol. The van der Waals surface area contributed by atoms with Gasteiger partial charge in [0.15, 0.2) is 0 Å². The molecule has 1 saturated carbocycles. The Kier molecular flexibility index (Phi) is 5.54. The standard InChI is InChI=1S/C23H29NOS3/c1-14-12-17-18(13-15(14)2)24(19(25)11-10-16-8-6-5-7-9-16)23(3,4)21-20(17)22(26)28-27-21/h12-13,16H,5-11H2,1-4H3. The van der Waals surface area contributed by atoms with Gasteiger partial charge in [0, 0.05) is 17.5 Å². The predicted octanol–water partition coefficient (Wildman–Crippen LogP) is 7.77. The van der Waals surface area contributed by atoms with Gasteiger partial charge < -0.3 is 4.90 Å². The van der Waals surface area contributed by atoms with Crippen molar-refractivity contribution in [3.8, 4) is 11.1 Å². The first-order chi connectivity index (χ1) is 13.3. The van der Waals surface area contributed by atoms with E-state index < -0.39 is 0 Å². The molecule has 1 fully saturated rings. The third kappa shape index (κ3) is 3.40. The molecule has 1 aromatic carbocycles. The highest BCUT2D eigenvalue weighted by Gasteiger charge is 2.43. The Morgan fingerprint density at radius 3 is 2.54 bits per heavy atom. The molecule has 0 radical (unpaired) electrons. The number of anilines is 1. The van der Waals surface area contributed by atoms with Crippen LogP contribution in [0.2, 0.25) is 0 Å². The van der Waals surface area contributed by atoms with Gasteiger partial charge in [-0.15, -0.1) is 0 Å². The zero-order chi connectivity index (χ0) is 20.1. The van der Waals surface area contributed by atoms with Crippen molar-refractivity contribution >= 4 is 44.5 Å². The number of benzene rings is 1. The van der Waals surface area contributed by atoms with E-state index in [0.29, 0.717) is 6.42 Å². The molecule has 0 atom stereocenters. The topological polar surface area (TPSA) is 20.3 Å². The third-order valence-electron chi connectivity index (χ3n) is 6.61. The van der Waals surface area contributed by atoms with Crippen LogP contribution in [0.5, 0.6) is 0 Å². The molecule has 2 heterocycles. The smallest absolute Gasteiger partial charge is 0.227 e. The molecule has 0 unspecified atom stereocenters. The molecule has 2 nitrogen and oxygen atoms in total. The van der Waals surface area contributed by atoms with E-state index in [2.05, 4.69) is 44.7 Å². The fourth-order valence-electron chi connectivity index (χ4n) is 4.85. The Hall–Kier alpha value is -1.04. The molecule has 28 heavy (non-hydrogen) atoms. The van der Waals surface area contributed by atoms with Crippen LogP contribution in [0.25, 0.3) is 11.1 Å². The van der Waals surface area contributed by atoms with Crippen molar-refractivity contribution in [2.75, 3.05) is 4.90 Å². The molecule has 150 valence electrons. The summed E-state index contributed by atoms with van der Waals surface area (Å²) in [4.78, 5) is 16.9. The molecule has 1 amide bonds. The first-order valence-electron chi connectivity index (χ1n) is 10.4. The lowest BCUT2D eigenvalue weighted by atomic mass is 9.84. The summed E-state index contributed by atoms with van der Waals surface area (Å²) in [6.07, 6.45) is 8.28. The van der Waals surface area contributed by atoms with E-state index in [4.69, 9.17) is 12.2 Å². The number of rotatable bonds is 3. The largest absolute Gasteiger partial charge is 0.301 e. The molecule has 1 aromatic heterocycles. The van der Waals surface area contributed by atoms with E-state index in [1.807, 2.05) is 0 Å². The Bertz CT molecular complexity index is 963. The maximum absolute atomic E-state index is 13.5. The minimum atomic E-state index is -0.355. The highest BCUT2D eigenvalue weighted by molar-refractivity contribution is 7.80. The molecule has 5 heteroatoms. The molecule has 1 aliphatic heterocycles. The lowest BCUT2D eigenvalue weighted by Crippen LogP contribution is -2.48. The normalized spacial score (nSPS) is 18.6. The highest BCUT2D eigenvalue weighted by atomic mass is 32.9. The van der Waals surface area contributed by atoms with Crippen molar-refractivity contribution in [1.82, 2.24) is 0 Å². The SMILES string of the molecule is Cc1cc2c(cc1C)N(C(=O)CCC1CCCCC1)C(C)(C)c1ssc(=S)c1-2. The first kappa shape index (κ1) is 20.2. The fourth-order valence-corrected chi connectivity index (χ4v) is 8.13. The molecule has 0 bridgehead atoms.